The molecule has 2 aliphatic rings. The van der Waals surface area contributed by atoms with Gasteiger partial charge in [-0.15, -0.1) is 0 Å². The van der Waals surface area contributed by atoms with E-state index in [1.165, 1.54) is 12.1 Å². The minimum absolute atomic E-state index is 0.109. The summed E-state index contributed by atoms with van der Waals surface area (Å²) in [7, 11) is 0. The zero-order chi connectivity index (χ0) is 19.1. The van der Waals surface area contributed by atoms with Gasteiger partial charge in [-0.1, -0.05) is 6.92 Å². The van der Waals surface area contributed by atoms with Gasteiger partial charge in [0, 0.05) is 12.2 Å². The van der Waals surface area contributed by atoms with Gasteiger partial charge in [0.2, 0.25) is 6.10 Å². The molecule has 0 radical (unpaired) electrons. The van der Waals surface area contributed by atoms with E-state index < -0.39 is 35.6 Å². The number of hydrogen-bond acceptors (Lipinski definition) is 5. The first-order chi connectivity index (χ1) is 12.3. The minimum Gasteiger partial charge on any atom is -0.463 e. The molecule has 1 saturated heterocycles. The Bertz CT molecular complexity index is 768. The number of alkyl halides is 2. The van der Waals surface area contributed by atoms with Crippen molar-refractivity contribution in [1.82, 2.24) is 0 Å². The zero-order valence-electron chi connectivity index (χ0n) is 14.3. The Balaban J connectivity index is 1.86. The molecule has 1 atom stereocenters. The van der Waals surface area contributed by atoms with E-state index in [4.69, 9.17) is 9.47 Å². The summed E-state index contributed by atoms with van der Waals surface area (Å²) >= 11 is 0. The number of likely N-dealkylation sites (N-methyl/N-ethyl adjacent to an activating group) is 1. The van der Waals surface area contributed by atoms with Gasteiger partial charge in [0.05, 0.1) is 24.4 Å². The van der Waals surface area contributed by atoms with Crippen LogP contribution in [0.15, 0.2) is 18.2 Å². The van der Waals surface area contributed by atoms with Crippen molar-refractivity contribution in [2.45, 2.75) is 32.3 Å². The highest BCUT2D eigenvalue weighted by molar-refractivity contribution is 6.06. The number of anilines is 2. The Hall–Kier alpha value is -2.71. The van der Waals surface area contributed by atoms with Crippen molar-refractivity contribution in [3.63, 3.8) is 0 Å². The molecule has 7 nitrogen and oxygen atoms in total. The third-order valence-electron chi connectivity index (χ3n) is 4.27. The lowest BCUT2D eigenvalue weighted by Gasteiger charge is -2.16. The average Bonchev–Trinajstić information content (AvgIpc) is 3.09. The molecule has 1 aromatic rings. The Labute approximate surface area is 148 Å². The van der Waals surface area contributed by atoms with Crippen LogP contribution in [0.5, 0.6) is 0 Å². The molecule has 1 fully saturated rings. The summed E-state index contributed by atoms with van der Waals surface area (Å²) in [5.74, 6) is -5.64. The maximum absolute atomic E-state index is 14.3. The van der Waals surface area contributed by atoms with Crippen molar-refractivity contribution in [2.75, 3.05) is 29.5 Å². The molecule has 0 saturated carbocycles. The van der Waals surface area contributed by atoms with E-state index in [0.29, 0.717) is 6.42 Å². The summed E-state index contributed by atoms with van der Waals surface area (Å²) < 4.78 is 38.5. The van der Waals surface area contributed by atoms with Gasteiger partial charge in [-0.2, -0.15) is 8.78 Å². The SMILES string of the molecule is CCCOC(=O)[C@H]1CN(c2ccc3c(c2)C(F)(F)C(=O)N3CC)C(=O)O1. The minimum atomic E-state index is -3.66. The molecule has 140 valence electrons. The monoisotopic (exact) mass is 368 g/mol. The number of esters is 1. The fourth-order valence-corrected chi connectivity index (χ4v) is 2.98. The molecule has 2 heterocycles. The lowest BCUT2D eigenvalue weighted by atomic mass is 10.1. The number of fused-ring (bicyclic) bond motifs is 1. The van der Waals surface area contributed by atoms with Crippen LogP contribution in [0.25, 0.3) is 0 Å². The first kappa shape index (κ1) is 18.1. The van der Waals surface area contributed by atoms with E-state index in [1.54, 1.807) is 6.92 Å². The number of cyclic esters (lactones) is 1. The van der Waals surface area contributed by atoms with E-state index in [9.17, 15) is 23.2 Å². The number of amides is 2. The molecule has 0 aromatic heterocycles. The summed E-state index contributed by atoms with van der Waals surface area (Å²) in [5, 5.41) is 0. The highest BCUT2D eigenvalue weighted by Crippen LogP contribution is 2.45. The molecule has 0 aliphatic carbocycles. The summed E-state index contributed by atoms with van der Waals surface area (Å²) in [6.45, 7) is 3.59. The molecule has 2 amide bonds. The number of hydrogen-bond donors (Lipinski definition) is 0. The fourth-order valence-electron chi connectivity index (χ4n) is 2.98. The molecule has 0 unspecified atom stereocenters. The van der Waals surface area contributed by atoms with Crippen molar-refractivity contribution in [1.29, 1.82) is 0 Å². The van der Waals surface area contributed by atoms with Crippen molar-refractivity contribution < 1.29 is 32.6 Å². The van der Waals surface area contributed by atoms with Gasteiger partial charge >= 0.3 is 23.9 Å². The van der Waals surface area contributed by atoms with Crippen LogP contribution in [-0.4, -0.2) is 43.8 Å². The Morgan fingerprint density at radius 1 is 1.35 bits per heavy atom. The second-order valence-corrected chi connectivity index (χ2v) is 5.98. The molecule has 26 heavy (non-hydrogen) atoms. The highest BCUT2D eigenvalue weighted by Gasteiger charge is 2.52. The number of benzene rings is 1. The van der Waals surface area contributed by atoms with E-state index in [1.807, 2.05) is 6.92 Å². The van der Waals surface area contributed by atoms with Gasteiger partial charge in [-0.3, -0.25) is 9.69 Å². The van der Waals surface area contributed by atoms with Crippen LogP contribution < -0.4 is 9.80 Å². The first-order valence-electron chi connectivity index (χ1n) is 8.30. The van der Waals surface area contributed by atoms with Crippen LogP contribution in [-0.2, 0) is 25.0 Å². The Morgan fingerprint density at radius 2 is 2.08 bits per heavy atom. The van der Waals surface area contributed by atoms with Crippen LogP contribution in [0.3, 0.4) is 0 Å². The van der Waals surface area contributed by atoms with E-state index in [0.717, 1.165) is 15.9 Å². The summed E-state index contributed by atoms with van der Waals surface area (Å²) in [6.07, 6.45) is -1.32. The third kappa shape index (κ3) is 2.77. The summed E-state index contributed by atoms with van der Waals surface area (Å²) in [4.78, 5) is 37.8. The quantitative estimate of drug-likeness (QED) is 0.746. The second-order valence-electron chi connectivity index (χ2n) is 5.98. The predicted octanol–water partition coefficient (Wildman–Crippen LogP) is 2.42. The lowest BCUT2D eigenvalue weighted by molar-refractivity contribution is -0.151. The number of halogens is 2. The summed E-state index contributed by atoms with van der Waals surface area (Å²) in [5.41, 5.74) is -0.227. The average molecular weight is 368 g/mol. The van der Waals surface area contributed by atoms with Gasteiger partial charge in [0.1, 0.15) is 0 Å². The second kappa shape index (κ2) is 6.54. The molecule has 1 aromatic carbocycles. The maximum atomic E-state index is 14.3. The predicted molar refractivity (Wildman–Crippen MR) is 87.2 cm³/mol. The number of ether oxygens (including phenoxy) is 2. The van der Waals surface area contributed by atoms with E-state index in [2.05, 4.69) is 0 Å². The van der Waals surface area contributed by atoms with E-state index in [-0.39, 0.29) is 31.1 Å². The van der Waals surface area contributed by atoms with Crippen molar-refractivity contribution in [3.05, 3.63) is 23.8 Å². The van der Waals surface area contributed by atoms with Gasteiger partial charge in [-0.05, 0) is 31.5 Å². The highest BCUT2D eigenvalue weighted by atomic mass is 19.3. The Kier molecular flexibility index (Phi) is 4.55. The standard InChI is InChI=1S/C17H18F2N2O5/c1-3-7-25-14(22)13-9-21(16(24)26-13)10-5-6-12-11(8-10)17(18,19)15(23)20(12)4-2/h5-6,8,13H,3-4,7,9H2,1-2H3/t13-/m1/s1. The smallest absolute Gasteiger partial charge is 0.415 e. The molecule has 9 heteroatoms. The van der Waals surface area contributed by atoms with Gasteiger partial charge < -0.3 is 14.4 Å². The van der Waals surface area contributed by atoms with Crippen molar-refractivity contribution >= 4 is 29.3 Å². The molecule has 0 bridgehead atoms. The number of carbonyl (C=O) groups excluding carboxylic acids is 3. The topological polar surface area (TPSA) is 76.2 Å². The molecule has 3 rings (SSSR count). The molecule has 0 N–H and O–H groups in total. The van der Waals surface area contributed by atoms with Gasteiger partial charge in [-0.25, -0.2) is 9.59 Å². The fraction of sp³-hybridized carbons (Fsp3) is 0.471. The number of nitrogens with zero attached hydrogens (tertiary/aromatic N) is 2. The number of rotatable bonds is 5. The van der Waals surface area contributed by atoms with Crippen molar-refractivity contribution in [2.24, 2.45) is 0 Å². The van der Waals surface area contributed by atoms with E-state index >= 15 is 0 Å². The molecular weight excluding hydrogens is 350 g/mol. The van der Waals surface area contributed by atoms with Gasteiger partial charge in [0.15, 0.2) is 0 Å². The third-order valence-corrected chi connectivity index (χ3v) is 4.27. The normalized spacial score (nSPS) is 21.0. The zero-order valence-corrected chi connectivity index (χ0v) is 14.3. The first-order valence-corrected chi connectivity index (χ1v) is 8.30. The van der Waals surface area contributed by atoms with Crippen LogP contribution >= 0.6 is 0 Å². The molecular formula is C17H18F2N2O5. The van der Waals surface area contributed by atoms with Gasteiger partial charge in [0.25, 0.3) is 0 Å². The van der Waals surface area contributed by atoms with Crippen LogP contribution in [0.2, 0.25) is 0 Å². The number of carbonyl (C=O) groups is 3. The maximum Gasteiger partial charge on any atom is 0.415 e. The molecule has 2 aliphatic heterocycles. The van der Waals surface area contributed by atoms with Crippen molar-refractivity contribution in [3.8, 4) is 0 Å². The lowest BCUT2D eigenvalue weighted by Crippen LogP contribution is -2.34. The van der Waals surface area contributed by atoms with Crippen LogP contribution in [0.1, 0.15) is 25.8 Å². The summed E-state index contributed by atoms with van der Waals surface area (Å²) in [6, 6.07) is 3.89. The van der Waals surface area contributed by atoms with Crippen LogP contribution in [0.4, 0.5) is 25.0 Å². The van der Waals surface area contributed by atoms with Crippen LogP contribution in [0, 0.1) is 0 Å². The molecule has 0 spiro atoms. The largest absolute Gasteiger partial charge is 0.463 e. The Morgan fingerprint density at radius 3 is 2.73 bits per heavy atom.